The SMILES string of the molecule is O=C(Cc1oc2ccccc2c1COc1ccccc1)Cc1oc2ccccc2c1COc1ccccc1. The molecule has 5 nitrogen and oxygen atoms in total. The van der Waals surface area contributed by atoms with Gasteiger partial charge in [-0.05, 0) is 36.4 Å². The molecule has 0 atom stereocenters. The highest BCUT2D eigenvalue weighted by molar-refractivity contribution is 5.89. The van der Waals surface area contributed by atoms with Crippen molar-refractivity contribution in [2.24, 2.45) is 0 Å². The molecule has 0 bridgehead atoms. The Labute approximate surface area is 220 Å². The van der Waals surface area contributed by atoms with E-state index in [0.717, 1.165) is 44.6 Å². The van der Waals surface area contributed by atoms with Crippen LogP contribution in [-0.4, -0.2) is 5.78 Å². The Balaban J connectivity index is 1.24. The molecule has 2 aromatic heterocycles. The summed E-state index contributed by atoms with van der Waals surface area (Å²) in [6.45, 7) is 0.620. The second kappa shape index (κ2) is 10.7. The van der Waals surface area contributed by atoms with Crippen LogP contribution < -0.4 is 9.47 Å². The van der Waals surface area contributed by atoms with E-state index in [-0.39, 0.29) is 18.6 Å². The summed E-state index contributed by atoms with van der Waals surface area (Å²) in [6, 6.07) is 34.8. The normalized spacial score (nSPS) is 11.2. The summed E-state index contributed by atoms with van der Waals surface area (Å²) in [6.07, 6.45) is 0.274. The molecule has 2 heterocycles. The number of ketones is 1. The van der Waals surface area contributed by atoms with Crippen molar-refractivity contribution in [1.82, 2.24) is 0 Å². The minimum absolute atomic E-state index is 0.00923. The Bertz CT molecular complexity index is 1550. The van der Waals surface area contributed by atoms with E-state index in [2.05, 4.69) is 0 Å². The zero-order valence-corrected chi connectivity index (χ0v) is 20.8. The summed E-state index contributed by atoms with van der Waals surface area (Å²) >= 11 is 0. The van der Waals surface area contributed by atoms with E-state index in [9.17, 15) is 4.79 Å². The first kappa shape index (κ1) is 23.6. The predicted molar refractivity (Wildman–Crippen MR) is 146 cm³/mol. The van der Waals surface area contributed by atoms with E-state index < -0.39 is 0 Å². The number of hydrogen-bond acceptors (Lipinski definition) is 5. The van der Waals surface area contributed by atoms with Crippen molar-refractivity contribution in [3.63, 3.8) is 0 Å². The molecule has 0 spiro atoms. The van der Waals surface area contributed by atoms with Gasteiger partial charge in [-0.3, -0.25) is 4.79 Å². The highest BCUT2D eigenvalue weighted by Gasteiger charge is 2.21. The molecule has 6 rings (SSSR count). The molecule has 0 amide bonds. The molecule has 0 saturated carbocycles. The second-order valence-electron chi connectivity index (χ2n) is 9.10. The fraction of sp³-hybridized carbons (Fsp3) is 0.121. The average Bonchev–Trinajstić information content (AvgIpc) is 3.48. The van der Waals surface area contributed by atoms with Gasteiger partial charge in [0.25, 0.3) is 0 Å². The standard InChI is InChI=1S/C33H26O5/c34-23(19-32-28(21-35-24-11-3-1-4-12-24)26-15-7-9-17-30(26)37-32)20-33-29(22-36-25-13-5-2-6-14-25)27-16-8-10-18-31(27)38-33/h1-18H,19-22H2. The van der Waals surface area contributed by atoms with Crippen molar-refractivity contribution >= 4 is 27.7 Å². The monoisotopic (exact) mass is 502 g/mol. The molecule has 0 aliphatic rings. The van der Waals surface area contributed by atoms with Crippen LogP contribution in [0.4, 0.5) is 0 Å². The number of para-hydroxylation sites is 4. The number of rotatable bonds is 10. The number of Topliss-reactive ketones (excluding diaryl/α,β-unsaturated/α-hetero) is 1. The third-order valence-electron chi connectivity index (χ3n) is 6.53. The van der Waals surface area contributed by atoms with Gasteiger partial charge in [-0.1, -0.05) is 72.8 Å². The van der Waals surface area contributed by atoms with E-state index in [1.807, 2.05) is 109 Å². The molecule has 0 unspecified atom stereocenters. The molecule has 0 radical (unpaired) electrons. The molecule has 6 aromatic rings. The molecular weight excluding hydrogens is 476 g/mol. The van der Waals surface area contributed by atoms with Gasteiger partial charge < -0.3 is 18.3 Å². The summed E-state index contributed by atoms with van der Waals surface area (Å²) in [5.41, 5.74) is 3.25. The van der Waals surface area contributed by atoms with Crippen molar-refractivity contribution in [2.45, 2.75) is 26.1 Å². The fourth-order valence-corrected chi connectivity index (χ4v) is 4.67. The number of hydrogen-bond donors (Lipinski definition) is 0. The Kier molecular flexibility index (Phi) is 6.64. The highest BCUT2D eigenvalue weighted by Crippen LogP contribution is 2.30. The van der Waals surface area contributed by atoms with Crippen molar-refractivity contribution in [3.8, 4) is 11.5 Å². The fourth-order valence-electron chi connectivity index (χ4n) is 4.67. The van der Waals surface area contributed by atoms with Gasteiger partial charge in [-0.15, -0.1) is 0 Å². The third-order valence-corrected chi connectivity index (χ3v) is 6.53. The molecule has 188 valence electrons. The van der Waals surface area contributed by atoms with Crippen LogP contribution in [0.1, 0.15) is 22.6 Å². The summed E-state index contributed by atoms with van der Waals surface area (Å²) < 4.78 is 24.3. The first-order chi connectivity index (χ1) is 18.7. The maximum atomic E-state index is 13.4. The van der Waals surface area contributed by atoms with Crippen molar-refractivity contribution in [2.75, 3.05) is 0 Å². The molecule has 0 aliphatic heterocycles. The first-order valence-electron chi connectivity index (χ1n) is 12.6. The zero-order valence-electron chi connectivity index (χ0n) is 20.8. The summed E-state index contributed by atoms with van der Waals surface area (Å²) in [4.78, 5) is 13.4. The number of furan rings is 2. The van der Waals surface area contributed by atoms with Gasteiger partial charge >= 0.3 is 0 Å². The van der Waals surface area contributed by atoms with Crippen molar-refractivity contribution in [1.29, 1.82) is 0 Å². The first-order valence-corrected chi connectivity index (χ1v) is 12.6. The summed E-state index contributed by atoms with van der Waals surface area (Å²) in [5.74, 6) is 2.75. The second-order valence-corrected chi connectivity index (χ2v) is 9.10. The minimum atomic E-state index is -0.00923. The molecule has 0 saturated heterocycles. The average molecular weight is 503 g/mol. The number of carbonyl (C=O) groups is 1. The molecule has 5 heteroatoms. The molecule has 0 fully saturated rings. The van der Waals surface area contributed by atoms with Gasteiger partial charge in [0.05, 0.1) is 12.8 Å². The van der Waals surface area contributed by atoms with Crippen LogP contribution in [0.3, 0.4) is 0 Å². The minimum Gasteiger partial charge on any atom is -0.489 e. The Morgan fingerprint density at radius 3 is 1.37 bits per heavy atom. The van der Waals surface area contributed by atoms with Gasteiger partial charge in [0.2, 0.25) is 0 Å². The van der Waals surface area contributed by atoms with Crippen molar-refractivity contribution in [3.05, 3.63) is 132 Å². The summed E-state index contributed by atoms with van der Waals surface area (Å²) in [5, 5.41) is 1.90. The lowest BCUT2D eigenvalue weighted by Gasteiger charge is -2.08. The van der Waals surface area contributed by atoms with E-state index in [0.29, 0.717) is 24.7 Å². The maximum absolute atomic E-state index is 13.4. The molecular formula is C33H26O5. The van der Waals surface area contributed by atoms with E-state index in [1.165, 1.54) is 0 Å². The quantitative estimate of drug-likeness (QED) is 0.192. The van der Waals surface area contributed by atoms with Crippen LogP contribution in [0.25, 0.3) is 21.9 Å². The van der Waals surface area contributed by atoms with Gasteiger partial charge in [0.15, 0.2) is 0 Å². The van der Waals surface area contributed by atoms with Crippen molar-refractivity contribution < 1.29 is 23.1 Å². The number of ether oxygens (including phenoxy) is 2. The van der Waals surface area contributed by atoms with Crippen LogP contribution in [0.5, 0.6) is 11.5 Å². The smallest absolute Gasteiger partial charge is 0.147 e. The molecule has 38 heavy (non-hydrogen) atoms. The van der Waals surface area contributed by atoms with E-state index >= 15 is 0 Å². The lowest BCUT2D eigenvalue weighted by atomic mass is 10.0. The Morgan fingerprint density at radius 2 is 0.921 bits per heavy atom. The topological polar surface area (TPSA) is 61.8 Å². The molecule has 0 aliphatic carbocycles. The zero-order chi connectivity index (χ0) is 25.7. The number of carbonyl (C=O) groups excluding carboxylic acids is 1. The van der Waals surface area contributed by atoms with Gasteiger partial charge in [0.1, 0.15) is 53.2 Å². The van der Waals surface area contributed by atoms with E-state index in [4.69, 9.17) is 18.3 Å². The number of fused-ring (bicyclic) bond motifs is 2. The largest absolute Gasteiger partial charge is 0.489 e. The van der Waals surface area contributed by atoms with Crippen LogP contribution in [0.2, 0.25) is 0 Å². The van der Waals surface area contributed by atoms with Crippen LogP contribution in [0.15, 0.2) is 118 Å². The van der Waals surface area contributed by atoms with Crippen LogP contribution in [-0.2, 0) is 30.8 Å². The Hall–Kier alpha value is -4.77. The van der Waals surface area contributed by atoms with Gasteiger partial charge in [-0.25, -0.2) is 0 Å². The van der Waals surface area contributed by atoms with Crippen LogP contribution >= 0.6 is 0 Å². The molecule has 4 aromatic carbocycles. The number of benzene rings is 4. The van der Waals surface area contributed by atoms with Crippen LogP contribution in [0, 0.1) is 0 Å². The maximum Gasteiger partial charge on any atom is 0.147 e. The lowest BCUT2D eigenvalue weighted by molar-refractivity contribution is -0.118. The summed E-state index contributed by atoms with van der Waals surface area (Å²) in [7, 11) is 0. The lowest BCUT2D eigenvalue weighted by Crippen LogP contribution is -2.10. The third kappa shape index (κ3) is 5.04. The van der Waals surface area contributed by atoms with Gasteiger partial charge in [0, 0.05) is 21.9 Å². The highest BCUT2D eigenvalue weighted by atomic mass is 16.5. The van der Waals surface area contributed by atoms with Gasteiger partial charge in [-0.2, -0.15) is 0 Å². The van der Waals surface area contributed by atoms with E-state index in [1.54, 1.807) is 0 Å². The Morgan fingerprint density at radius 1 is 0.526 bits per heavy atom. The molecule has 0 N–H and O–H groups in total. The predicted octanol–water partition coefficient (Wildman–Crippen LogP) is 7.69.